The molecule has 0 rings (SSSR count). The van der Waals surface area contributed by atoms with Crippen molar-refractivity contribution in [1.29, 1.82) is 0 Å². The normalized spacial score (nSPS) is 12.4. The minimum absolute atomic E-state index is 0.0904. The van der Waals surface area contributed by atoms with Crippen LogP contribution in [0.4, 0.5) is 0 Å². The number of esters is 3. The maximum atomic E-state index is 12.9. The second-order valence-electron chi connectivity index (χ2n) is 23.8. The quantitative estimate of drug-likeness (QED) is 0.0261. The van der Waals surface area contributed by atoms with Gasteiger partial charge in [-0.2, -0.15) is 0 Å². The molecule has 0 bridgehead atoms. The van der Waals surface area contributed by atoms with Crippen LogP contribution < -0.4 is 0 Å². The van der Waals surface area contributed by atoms with E-state index in [0.29, 0.717) is 19.3 Å². The number of carbonyl (C=O) groups is 3. The molecule has 0 aromatic heterocycles. The molecule has 0 aromatic carbocycles. The Morgan fingerprint density at radius 3 is 0.800 bits per heavy atom. The molecule has 1 unspecified atom stereocenters. The molecule has 6 nitrogen and oxygen atoms in total. The summed E-state index contributed by atoms with van der Waals surface area (Å²) in [6.07, 6.45) is 88.5. The lowest BCUT2D eigenvalue weighted by molar-refractivity contribution is -0.167. The Kier molecular flexibility index (Phi) is 66.1. The molecule has 1 atom stereocenters. The summed E-state index contributed by atoms with van der Waals surface area (Å²) in [5, 5.41) is 0. The number of ether oxygens (including phenoxy) is 3. The fourth-order valence-electron chi connectivity index (χ4n) is 10.5. The second kappa shape index (κ2) is 68.6. The van der Waals surface area contributed by atoms with Gasteiger partial charge in [-0.05, 0) is 83.5 Å². The van der Waals surface area contributed by atoms with E-state index in [4.69, 9.17) is 14.2 Å². The Morgan fingerprint density at radius 1 is 0.263 bits per heavy atom. The highest BCUT2D eigenvalue weighted by Gasteiger charge is 2.19. The van der Waals surface area contributed by atoms with Crippen molar-refractivity contribution in [1.82, 2.24) is 0 Å². The highest BCUT2D eigenvalue weighted by atomic mass is 16.6. The third-order valence-electron chi connectivity index (χ3n) is 15.8. The summed E-state index contributed by atoms with van der Waals surface area (Å²) in [4.78, 5) is 38.3. The maximum Gasteiger partial charge on any atom is 0.306 e. The van der Waals surface area contributed by atoms with Crippen LogP contribution >= 0.6 is 0 Å². The van der Waals surface area contributed by atoms with Crippen LogP contribution in [0.3, 0.4) is 0 Å². The molecule has 0 aliphatic heterocycles. The van der Waals surface area contributed by atoms with Crippen molar-refractivity contribution in [3.8, 4) is 0 Å². The number of hydrogen-bond donors (Lipinski definition) is 0. The highest BCUT2D eigenvalue weighted by Crippen LogP contribution is 2.18. The predicted octanol–water partition coefficient (Wildman–Crippen LogP) is 24.3. The van der Waals surface area contributed by atoms with Crippen molar-refractivity contribution in [2.75, 3.05) is 13.2 Å². The summed E-state index contributed by atoms with van der Waals surface area (Å²) >= 11 is 0. The number of hydrogen-bond acceptors (Lipinski definition) is 6. The Balaban J connectivity index is 4.16. The van der Waals surface area contributed by atoms with Gasteiger partial charge in [0.2, 0.25) is 0 Å². The molecule has 0 fully saturated rings. The van der Waals surface area contributed by atoms with Gasteiger partial charge in [-0.1, -0.05) is 332 Å². The smallest absolute Gasteiger partial charge is 0.306 e. The Bertz CT molecular complexity index is 1430. The summed E-state index contributed by atoms with van der Waals surface area (Å²) in [7, 11) is 0. The molecule has 0 N–H and O–H groups in total. The zero-order valence-electron chi connectivity index (χ0n) is 53.6. The van der Waals surface area contributed by atoms with Crippen LogP contribution in [-0.4, -0.2) is 37.2 Å². The van der Waals surface area contributed by atoms with Crippen LogP contribution in [0.15, 0.2) is 60.8 Å². The van der Waals surface area contributed by atoms with E-state index in [2.05, 4.69) is 81.5 Å². The molecule has 0 saturated carbocycles. The summed E-state index contributed by atoms with van der Waals surface area (Å²) in [5.74, 6) is -0.922. The predicted molar refractivity (Wildman–Crippen MR) is 348 cm³/mol. The van der Waals surface area contributed by atoms with Gasteiger partial charge < -0.3 is 14.2 Å². The molecule has 466 valence electrons. The first-order valence-corrected chi connectivity index (χ1v) is 35.3. The minimum atomic E-state index is -0.799. The highest BCUT2D eigenvalue weighted by molar-refractivity contribution is 5.71. The summed E-state index contributed by atoms with van der Waals surface area (Å²) < 4.78 is 16.9. The molecule has 0 heterocycles. The van der Waals surface area contributed by atoms with E-state index in [1.54, 1.807) is 0 Å². The largest absolute Gasteiger partial charge is 0.462 e. The van der Waals surface area contributed by atoms with E-state index in [1.807, 2.05) is 0 Å². The van der Waals surface area contributed by atoms with Crippen molar-refractivity contribution in [3.63, 3.8) is 0 Å². The van der Waals surface area contributed by atoms with Crippen LogP contribution in [-0.2, 0) is 28.6 Å². The molecule has 0 aromatic rings. The SMILES string of the molecule is CC/C=C\C/C=C\C/C=C\C/C=C\CCCCC(=O)OC(COC(=O)CCCCCCC/C=C\CCCCCCCC)COC(=O)CCCCCCCCCCCCCCCCCCCCCCCCCCCCCCCCCC. The second-order valence-corrected chi connectivity index (χ2v) is 23.8. The third-order valence-corrected chi connectivity index (χ3v) is 15.8. The number of rotatable bonds is 65. The fourth-order valence-corrected chi connectivity index (χ4v) is 10.5. The van der Waals surface area contributed by atoms with E-state index in [1.165, 1.54) is 244 Å². The van der Waals surface area contributed by atoms with Gasteiger partial charge in [0.1, 0.15) is 13.2 Å². The molecule has 0 saturated heterocycles. The topological polar surface area (TPSA) is 78.9 Å². The first-order chi connectivity index (χ1) is 39.5. The van der Waals surface area contributed by atoms with Crippen molar-refractivity contribution in [2.45, 2.75) is 380 Å². The van der Waals surface area contributed by atoms with Gasteiger partial charge in [-0.15, -0.1) is 0 Å². The Morgan fingerprint density at radius 2 is 0.487 bits per heavy atom. The summed E-state index contributed by atoms with van der Waals surface area (Å²) in [6.45, 7) is 6.53. The molecule has 0 aliphatic rings. The molecular formula is C74H134O6. The molecule has 0 radical (unpaired) electrons. The molecule has 0 aliphatic carbocycles. The first-order valence-electron chi connectivity index (χ1n) is 35.3. The zero-order valence-corrected chi connectivity index (χ0v) is 53.6. The number of unbranched alkanes of at least 4 members (excludes halogenated alkanes) is 44. The van der Waals surface area contributed by atoms with Gasteiger partial charge in [0.05, 0.1) is 0 Å². The fraction of sp³-hybridized carbons (Fsp3) is 0.824. The molecular weight excluding hydrogens is 985 g/mol. The molecule has 0 spiro atoms. The van der Waals surface area contributed by atoms with Crippen molar-refractivity contribution >= 4 is 17.9 Å². The maximum absolute atomic E-state index is 12.9. The lowest BCUT2D eigenvalue weighted by Crippen LogP contribution is -2.30. The van der Waals surface area contributed by atoms with Crippen LogP contribution in [0.5, 0.6) is 0 Å². The Hall–Kier alpha value is -2.89. The average Bonchev–Trinajstić information content (AvgIpc) is 3.46. The van der Waals surface area contributed by atoms with Crippen molar-refractivity contribution < 1.29 is 28.6 Å². The minimum Gasteiger partial charge on any atom is -0.462 e. The van der Waals surface area contributed by atoms with Crippen LogP contribution in [0, 0.1) is 0 Å². The molecule has 80 heavy (non-hydrogen) atoms. The lowest BCUT2D eigenvalue weighted by atomic mass is 10.0. The van der Waals surface area contributed by atoms with E-state index >= 15 is 0 Å². The van der Waals surface area contributed by atoms with Gasteiger partial charge in [0.15, 0.2) is 6.10 Å². The van der Waals surface area contributed by atoms with Gasteiger partial charge in [0, 0.05) is 19.3 Å². The summed E-state index contributed by atoms with van der Waals surface area (Å²) in [6, 6.07) is 0. The lowest BCUT2D eigenvalue weighted by Gasteiger charge is -2.18. The van der Waals surface area contributed by atoms with Crippen LogP contribution in [0.1, 0.15) is 374 Å². The average molecular weight is 1120 g/mol. The monoisotopic (exact) mass is 1120 g/mol. The number of carbonyl (C=O) groups excluding carboxylic acids is 3. The van der Waals surface area contributed by atoms with Crippen molar-refractivity contribution in [2.24, 2.45) is 0 Å². The van der Waals surface area contributed by atoms with Crippen LogP contribution in [0.25, 0.3) is 0 Å². The van der Waals surface area contributed by atoms with Crippen LogP contribution in [0.2, 0.25) is 0 Å². The number of allylic oxidation sites excluding steroid dienone is 10. The van der Waals surface area contributed by atoms with E-state index in [9.17, 15) is 14.4 Å². The van der Waals surface area contributed by atoms with Crippen molar-refractivity contribution in [3.05, 3.63) is 60.8 Å². The van der Waals surface area contributed by atoms with E-state index in [-0.39, 0.29) is 37.5 Å². The molecule has 0 amide bonds. The van der Waals surface area contributed by atoms with E-state index in [0.717, 1.165) is 83.5 Å². The first kappa shape index (κ1) is 77.1. The third kappa shape index (κ3) is 65.9. The molecule has 6 heteroatoms. The zero-order chi connectivity index (χ0) is 57.8. The van der Waals surface area contributed by atoms with Gasteiger partial charge in [-0.3, -0.25) is 14.4 Å². The van der Waals surface area contributed by atoms with Gasteiger partial charge in [0.25, 0.3) is 0 Å². The van der Waals surface area contributed by atoms with Gasteiger partial charge >= 0.3 is 17.9 Å². The Labute approximate surface area is 498 Å². The van der Waals surface area contributed by atoms with E-state index < -0.39 is 6.10 Å². The van der Waals surface area contributed by atoms with Gasteiger partial charge in [-0.25, -0.2) is 0 Å². The standard InChI is InChI=1S/C74H134O6/c1-4-7-10-13-16-19-22-25-28-29-30-31-32-33-34-35-36-37-38-39-40-41-42-43-44-47-49-52-55-58-61-64-67-73(76)79-70-71(80-74(77)68-65-62-59-56-53-50-46-27-24-21-18-15-12-9-6-3)69-78-72(75)66-63-60-57-54-51-48-45-26-23-20-17-14-11-8-5-2/h9,12,18,21,26-27,45-46,53,56,71H,4-8,10-11,13-17,19-20,22-25,28-44,47-52,54-55,57-70H2,1-3H3/b12-9-,21-18-,45-26-,46-27-,56-53-. The summed E-state index contributed by atoms with van der Waals surface area (Å²) in [5.41, 5.74) is 0.